The van der Waals surface area contributed by atoms with Crippen molar-refractivity contribution in [1.29, 1.82) is 0 Å². The highest BCUT2D eigenvalue weighted by atomic mass is 19.1. The third kappa shape index (κ3) is 3.09. The Morgan fingerprint density at radius 1 is 1.50 bits per heavy atom. The number of carbonyl (C=O) groups excluding carboxylic acids is 1. The van der Waals surface area contributed by atoms with E-state index in [-0.39, 0.29) is 13.0 Å². The first-order valence-corrected chi connectivity index (χ1v) is 4.85. The molecule has 1 aliphatic rings. The summed E-state index contributed by atoms with van der Waals surface area (Å²) in [7, 11) is 0. The molecule has 1 aliphatic heterocycles. The van der Waals surface area contributed by atoms with Gasteiger partial charge in [-0.2, -0.15) is 0 Å². The number of carbonyl (C=O) groups is 1. The summed E-state index contributed by atoms with van der Waals surface area (Å²) in [5, 5.41) is 28.8. The van der Waals surface area contributed by atoms with E-state index >= 15 is 0 Å². The molecule has 1 rings (SSSR count). The van der Waals surface area contributed by atoms with Crippen molar-refractivity contribution in [2.45, 2.75) is 31.0 Å². The molecule has 4 atom stereocenters. The van der Waals surface area contributed by atoms with E-state index < -0.39 is 37.1 Å². The molecule has 0 aromatic carbocycles. The van der Waals surface area contributed by atoms with Crippen LogP contribution in [0.15, 0.2) is 0 Å². The first-order chi connectivity index (χ1) is 7.60. The lowest BCUT2D eigenvalue weighted by atomic mass is 10.1. The summed E-state index contributed by atoms with van der Waals surface area (Å²) < 4.78 is 18.3. The molecule has 0 bridgehead atoms. The lowest BCUT2D eigenvalue weighted by Crippen LogP contribution is -2.39. The van der Waals surface area contributed by atoms with Crippen molar-refractivity contribution in [2.75, 3.05) is 13.2 Å². The first-order valence-electron chi connectivity index (χ1n) is 4.85. The Morgan fingerprint density at radius 2 is 2.19 bits per heavy atom. The van der Waals surface area contributed by atoms with Gasteiger partial charge in [0.15, 0.2) is 6.17 Å². The Morgan fingerprint density at radius 3 is 2.69 bits per heavy atom. The van der Waals surface area contributed by atoms with E-state index in [0.29, 0.717) is 0 Å². The highest BCUT2D eigenvalue weighted by Crippen LogP contribution is 2.21. The molecule has 1 amide bonds. The van der Waals surface area contributed by atoms with Crippen LogP contribution in [0.1, 0.15) is 6.42 Å². The fourth-order valence-corrected chi connectivity index (χ4v) is 1.42. The average molecular weight is 238 g/mol. The van der Waals surface area contributed by atoms with Gasteiger partial charge in [0.05, 0.1) is 6.61 Å². The van der Waals surface area contributed by atoms with Gasteiger partial charge in [-0.05, 0) is 0 Å². The number of aliphatic hydroxyl groups excluding tert-OH is 2. The minimum atomic E-state index is -1.66. The van der Waals surface area contributed by atoms with E-state index in [1.165, 1.54) is 5.48 Å². The summed E-state index contributed by atoms with van der Waals surface area (Å²) >= 11 is 0. The highest BCUT2D eigenvalue weighted by Gasteiger charge is 2.43. The number of amides is 1. The van der Waals surface area contributed by atoms with Crippen molar-refractivity contribution < 1.29 is 29.3 Å². The second kappa shape index (κ2) is 6.06. The Hall–Kier alpha value is -0.800. The quantitative estimate of drug-likeness (QED) is 0.277. The van der Waals surface area contributed by atoms with Crippen molar-refractivity contribution in [3.63, 3.8) is 0 Å². The van der Waals surface area contributed by atoms with E-state index in [4.69, 9.17) is 15.1 Å². The molecule has 0 aromatic rings. The average Bonchev–Trinajstić information content (AvgIpc) is 2.56. The number of alkyl halides is 1. The maximum absolute atomic E-state index is 13.3. The van der Waals surface area contributed by atoms with Crippen molar-refractivity contribution in [1.82, 2.24) is 10.8 Å². The van der Waals surface area contributed by atoms with Crippen LogP contribution in [-0.4, -0.2) is 59.1 Å². The van der Waals surface area contributed by atoms with Crippen LogP contribution in [0.4, 0.5) is 4.39 Å². The fourth-order valence-electron chi connectivity index (χ4n) is 1.42. The normalized spacial score (nSPS) is 34.0. The zero-order valence-corrected chi connectivity index (χ0v) is 8.47. The van der Waals surface area contributed by atoms with Gasteiger partial charge >= 0.3 is 0 Å². The highest BCUT2D eigenvalue weighted by molar-refractivity contribution is 5.74. The van der Waals surface area contributed by atoms with E-state index in [2.05, 4.69) is 5.32 Å². The van der Waals surface area contributed by atoms with Gasteiger partial charge in [-0.25, -0.2) is 9.87 Å². The molecular formula is C8H15FN2O5. The number of aliphatic hydroxyl groups is 2. The zero-order valence-electron chi connectivity index (χ0n) is 8.47. The smallest absolute Gasteiger partial charge is 0.244 e. The predicted octanol–water partition coefficient (Wildman–Crippen LogP) is -2.11. The Bertz CT molecular complexity index is 242. The molecule has 8 heteroatoms. The van der Waals surface area contributed by atoms with Crippen LogP contribution >= 0.6 is 0 Å². The van der Waals surface area contributed by atoms with Crippen molar-refractivity contribution in [2.24, 2.45) is 0 Å². The van der Waals surface area contributed by atoms with Crippen molar-refractivity contribution >= 4 is 5.91 Å². The molecule has 94 valence electrons. The SMILES string of the molecule is O=C(CCN[C@@H]1O[C@H](CO)C(O)C1F)NO. The van der Waals surface area contributed by atoms with Gasteiger partial charge in [0.25, 0.3) is 0 Å². The lowest BCUT2D eigenvalue weighted by molar-refractivity contribution is -0.129. The minimum absolute atomic E-state index is 0.0526. The van der Waals surface area contributed by atoms with E-state index in [9.17, 15) is 14.3 Å². The zero-order chi connectivity index (χ0) is 12.1. The van der Waals surface area contributed by atoms with Crippen LogP contribution < -0.4 is 10.8 Å². The number of rotatable bonds is 5. The van der Waals surface area contributed by atoms with Crippen LogP contribution in [-0.2, 0) is 9.53 Å². The maximum Gasteiger partial charge on any atom is 0.244 e. The van der Waals surface area contributed by atoms with E-state index in [1.54, 1.807) is 0 Å². The van der Waals surface area contributed by atoms with Crippen LogP contribution in [0.3, 0.4) is 0 Å². The number of hydrogen-bond acceptors (Lipinski definition) is 6. The number of ether oxygens (including phenoxy) is 1. The standard InChI is InChI=1S/C8H15FN2O5/c9-6-7(14)4(3-12)16-8(6)10-2-1-5(13)11-15/h4,6-8,10,12,14-15H,1-3H2,(H,11,13)/t4-,6?,7?,8-/m1/s1. The summed E-state index contributed by atoms with van der Waals surface area (Å²) in [5.74, 6) is -0.611. The van der Waals surface area contributed by atoms with Crippen LogP contribution in [0.5, 0.6) is 0 Å². The van der Waals surface area contributed by atoms with Crippen LogP contribution in [0.25, 0.3) is 0 Å². The summed E-state index contributed by atoms with van der Waals surface area (Å²) in [6.07, 6.45) is -5.11. The predicted molar refractivity (Wildman–Crippen MR) is 49.2 cm³/mol. The number of halogens is 1. The molecule has 1 fully saturated rings. The molecule has 1 saturated heterocycles. The van der Waals surface area contributed by atoms with Gasteiger partial charge in [-0.15, -0.1) is 0 Å². The first kappa shape index (κ1) is 13.3. The topological polar surface area (TPSA) is 111 Å². The number of nitrogens with one attached hydrogen (secondary N) is 2. The third-order valence-corrected chi connectivity index (χ3v) is 2.32. The Kier molecular flexibility index (Phi) is 5.03. The number of hydrogen-bond donors (Lipinski definition) is 5. The summed E-state index contributed by atoms with van der Waals surface area (Å²) in [6, 6.07) is 0. The summed E-state index contributed by atoms with van der Waals surface area (Å²) in [6.45, 7) is -0.390. The Labute approximate surface area is 91.2 Å². The molecule has 0 saturated carbocycles. The molecule has 0 aliphatic carbocycles. The largest absolute Gasteiger partial charge is 0.394 e. The van der Waals surface area contributed by atoms with Gasteiger partial charge in [-0.1, -0.05) is 0 Å². The summed E-state index contributed by atoms with van der Waals surface area (Å²) in [5.41, 5.74) is 1.43. The van der Waals surface area contributed by atoms with Crippen molar-refractivity contribution in [3.8, 4) is 0 Å². The molecule has 1 heterocycles. The molecule has 0 radical (unpaired) electrons. The van der Waals surface area contributed by atoms with Crippen LogP contribution in [0.2, 0.25) is 0 Å². The van der Waals surface area contributed by atoms with Crippen molar-refractivity contribution in [3.05, 3.63) is 0 Å². The molecule has 0 aromatic heterocycles. The minimum Gasteiger partial charge on any atom is -0.394 e. The fraction of sp³-hybridized carbons (Fsp3) is 0.875. The van der Waals surface area contributed by atoms with Gasteiger partial charge in [0.1, 0.15) is 18.4 Å². The monoisotopic (exact) mass is 238 g/mol. The molecule has 0 spiro atoms. The van der Waals surface area contributed by atoms with Gasteiger partial charge in [0.2, 0.25) is 5.91 Å². The Balaban J connectivity index is 2.30. The molecule has 2 unspecified atom stereocenters. The van der Waals surface area contributed by atoms with Gasteiger partial charge in [-0.3, -0.25) is 15.3 Å². The third-order valence-electron chi connectivity index (χ3n) is 2.32. The molecule has 5 N–H and O–H groups in total. The molecule has 7 nitrogen and oxygen atoms in total. The second-order valence-electron chi connectivity index (χ2n) is 3.45. The summed E-state index contributed by atoms with van der Waals surface area (Å²) in [4.78, 5) is 10.6. The maximum atomic E-state index is 13.3. The van der Waals surface area contributed by atoms with E-state index in [0.717, 1.165) is 0 Å². The van der Waals surface area contributed by atoms with Crippen LogP contribution in [0, 0.1) is 0 Å². The number of hydroxylamine groups is 1. The van der Waals surface area contributed by atoms with Gasteiger partial charge < -0.3 is 14.9 Å². The van der Waals surface area contributed by atoms with Gasteiger partial charge in [0, 0.05) is 13.0 Å². The molecular weight excluding hydrogens is 223 g/mol. The lowest BCUT2D eigenvalue weighted by Gasteiger charge is -2.14. The van der Waals surface area contributed by atoms with E-state index in [1.807, 2.05) is 0 Å². The molecule has 16 heavy (non-hydrogen) atoms. The second-order valence-corrected chi connectivity index (χ2v) is 3.45.